The highest BCUT2D eigenvalue weighted by molar-refractivity contribution is 6.82. The van der Waals surface area contributed by atoms with Crippen LogP contribution >= 0.6 is 0 Å². The van der Waals surface area contributed by atoms with E-state index < -0.39 is 8.07 Å². The summed E-state index contributed by atoms with van der Waals surface area (Å²) in [5, 5.41) is 0.338. The van der Waals surface area contributed by atoms with Crippen LogP contribution in [-0.2, 0) is 4.79 Å². The molecule has 0 radical (unpaired) electrons. The molecule has 0 saturated heterocycles. The van der Waals surface area contributed by atoms with Crippen LogP contribution in [-0.4, -0.2) is 14.0 Å². The highest BCUT2D eigenvalue weighted by Gasteiger charge is 2.40. The Kier molecular flexibility index (Phi) is 3.71. The van der Waals surface area contributed by atoms with Crippen LogP contribution in [0.25, 0.3) is 0 Å². The Morgan fingerprint density at radius 1 is 1.31 bits per heavy atom. The van der Waals surface area contributed by atoms with E-state index in [2.05, 4.69) is 40.8 Å². The van der Waals surface area contributed by atoms with E-state index in [0.29, 0.717) is 10.6 Å². The lowest BCUT2D eigenvalue weighted by Crippen LogP contribution is -2.41. The van der Waals surface area contributed by atoms with Crippen LogP contribution in [0.1, 0.15) is 34.6 Å². The van der Waals surface area contributed by atoms with Crippen molar-refractivity contribution in [3.05, 3.63) is 5.57 Å². The van der Waals surface area contributed by atoms with Crippen LogP contribution in [0, 0.1) is 0 Å². The van der Waals surface area contributed by atoms with Crippen LogP contribution in [0.3, 0.4) is 0 Å². The summed E-state index contributed by atoms with van der Waals surface area (Å²) in [6.45, 7) is 15.6. The molecule has 0 spiro atoms. The normalized spacial score (nSPS) is 15.0. The Morgan fingerprint density at radius 2 is 1.69 bits per heavy atom. The first-order valence-corrected chi connectivity index (χ1v) is 7.94. The molecular formula is C11H22OSi. The molecule has 0 fully saturated rings. The maximum absolute atomic E-state index is 10.6. The van der Waals surface area contributed by atoms with Gasteiger partial charge in [-0.3, -0.25) is 0 Å². The van der Waals surface area contributed by atoms with Gasteiger partial charge < -0.3 is 0 Å². The summed E-state index contributed by atoms with van der Waals surface area (Å²) in [5.74, 6) is 2.04. The lowest BCUT2D eigenvalue weighted by atomic mass is 10.2. The monoisotopic (exact) mass is 198 g/mol. The average Bonchev–Trinajstić information content (AvgIpc) is 1.99. The van der Waals surface area contributed by atoms with Crippen LogP contribution in [0.4, 0.5) is 0 Å². The molecule has 1 unspecified atom stereocenters. The van der Waals surface area contributed by atoms with E-state index in [9.17, 15) is 4.79 Å². The van der Waals surface area contributed by atoms with E-state index in [4.69, 9.17) is 0 Å². The number of hydrogen-bond acceptors (Lipinski definition) is 1. The predicted octanol–water partition coefficient (Wildman–Crippen LogP) is 3.66. The van der Waals surface area contributed by atoms with Gasteiger partial charge in [0.25, 0.3) is 0 Å². The average molecular weight is 198 g/mol. The van der Waals surface area contributed by atoms with Crippen LogP contribution < -0.4 is 0 Å². The summed E-state index contributed by atoms with van der Waals surface area (Å²) in [6, 6.07) is 0. The van der Waals surface area contributed by atoms with Crippen molar-refractivity contribution >= 4 is 14.0 Å². The van der Waals surface area contributed by atoms with Gasteiger partial charge in [-0.1, -0.05) is 40.8 Å². The Morgan fingerprint density at radius 3 is 1.92 bits per heavy atom. The molecule has 2 heteroatoms. The summed E-state index contributed by atoms with van der Waals surface area (Å²) in [6.07, 6.45) is 0. The third kappa shape index (κ3) is 2.55. The summed E-state index contributed by atoms with van der Waals surface area (Å²) in [5.41, 5.74) is 1.30. The quantitative estimate of drug-likeness (QED) is 0.489. The number of allylic oxidation sites excluding steroid dienone is 1. The molecule has 0 N–H and O–H groups in total. The summed E-state index contributed by atoms with van der Waals surface area (Å²) in [4.78, 5) is 10.6. The minimum Gasteiger partial charge on any atom is -0.234 e. The van der Waals surface area contributed by atoms with Crippen molar-refractivity contribution in [2.45, 2.75) is 58.3 Å². The second kappa shape index (κ2) is 3.81. The third-order valence-corrected chi connectivity index (χ3v) is 10.3. The predicted molar refractivity (Wildman–Crippen MR) is 61.5 cm³/mol. The van der Waals surface area contributed by atoms with Gasteiger partial charge >= 0.3 is 0 Å². The molecular weight excluding hydrogens is 176 g/mol. The molecule has 76 valence electrons. The van der Waals surface area contributed by atoms with Gasteiger partial charge in [0, 0.05) is 5.57 Å². The first-order valence-electron chi connectivity index (χ1n) is 4.86. The van der Waals surface area contributed by atoms with Gasteiger partial charge in [-0.15, -0.1) is 0 Å². The van der Waals surface area contributed by atoms with Crippen molar-refractivity contribution in [1.82, 2.24) is 0 Å². The molecule has 1 atom stereocenters. The van der Waals surface area contributed by atoms with E-state index in [1.165, 1.54) is 0 Å². The standard InChI is InChI=1S/C11H22OSi/c1-9(8-12)10(2)13(6,7)11(3,4)5/h10H,1-7H3. The molecule has 0 bridgehead atoms. The lowest BCUT2D eigenvalue weighted by molar-refractivity contribution is 0.566. The Bertz CT molecular complexity index is 229. The molecule has 1 nitrogen and oxygen atoms in total. The molecule has 0 amide bonds. The molecule has 0 aliphatic heterocycles. The van der Waals surface area contributed by atoms with Crippen LogP contribution in [0.15, 0.2) is 5.57 Å². The van der Waals surface area contributed by atoms with Crippen molar-refractivity contribution in [1.29, 1.82) is 0 Å². The molecule has 0 aromatic carbocycles. The van der Waals surface area contributed by atoms with Crippen LogP contribution in [0.5, 0.6) is 0 Å². The van der Waals surface area contributed by atoms with Crippen molar-refractivity contribution in [3.8, 4) is 0 Å². The zero-order valence-corrected chi connectivity index (χ0v) is 11.0. The molecule has 13 heavy (non-hydrogen) atoms. The largest absolute Gasteiger partial charge is 0.234 e. The fraction of sp³-hybridized carbons (Fsp3) is 0.818. The SMILES string of the molecule is CC(=C=O)C(C)[Si](C)(C)C(C)(C)C. The lowest BCUT2D eigenvalue weighted by Gasteiger charge is -2.41. The van der Waals surface area contributed by atoms with E-state index in [1.807, 2.05) is 12.9 Å². The van der Waals surface area contributed by atoms with Crippen molar-refractivity contribution in [2.24, 2.45) is 0 Å². The van der Waals surface area contributed by atoms with Gasteiger partial charge in [0.15, 0.2) is 0 Å². The second-order valence-corrected chi connectivity index (χ2v) is 11.3. The zero-order chi connectivity index (χ0) is 10.9. The van der Waals surface area contributed by atoms with E-state index >= 15 is 0 Å². The molecule has 0 aromatic heterocycles. The van der Waals surface area contributed by atoms with Gasteiger partial charge in [0.1, 0.15) is 5.94 Å². The van der Waals surface area contributed by atoms with Gasteiger partial charge in [-0.05, 0) is 17.5 Å². The second-order valence-electron chi connectivity index (χ2n) is 5.48. The summed E-state index contributed by atoms with van der Waals surface area (Å²) < 4.78 is 0. The van der Waals surface area contributed by atoms with Gasteiger partial charge in [-0.2, -0.15) is 0 Å². The molecule has 0 saturated carbocycles. The van der Waals surface area contributed by atoms with Crippen molar-refractivity contribution < 1.29 is 4.79 Å². The smallest absolute Gasteiger partial charge is 0.123 e. The first kappa shape index (κ1) is 12.7. The summed E-state index contributed by atoms with van der Waals surface area (Å²) in [7, 11) is -1.39. The third-order valence-electron chi connectivity index (χ3n) is 3.83. The maximum Gasteiger partial charge on any atom is 0.123 e. The Balaban J connectivity index is 4.96. The van der Waals surface area contributed by atoms with Gasteiger partial charge in [0.05, 0.1) is 8.07 Å². The fourth-order valence-corrected chi connectivity index (χ4v) is 3.72. The highest BCUT2D eigenvalue weighted by Crippen LogP contribution is 2.45. The minimum atomic E-state index is -1.39. The number of hydrogen-bond donors (Lipinski definition) is 0. The number of carbonyl (C=O) groups excluding carboxylic acids is 1. The van der Waals surface area contributed by atoms with Crippen molar-refractivity contribution in [2.75, 3.05) is 0 Å². The number of rotatable bonds is 2. The molecule has 0 rings (SSSR count). The Hall–Kier alpha value is -0.333. The highest BCUT2D eigenvalue weighted by atomic mass is 28.3. The van der Waals surface area contributed by atoms with Crippen molar-refractivity contribution in [3.63, 3.8) is 0 Å². The van der Waals surface area contributed by atoms with E-state index in [-0.39, 0.29) is 0 Å². The van der Waals surface area contributed by atoms with Gasteiger partial charge in [-0.25, -0.2) is 4.79 Å². The topological polar surface area (TPSA) is 17.1 Å². The van der Waals surface area contributed by atoms with E-state index in [1.54, 1.807) is 0 Å². The molecule has 0 aliphatic carbocycles. The minimum absolute atomic E-state index is 0.338. The summed E-state index contributed by atoms with van der Waals surface area (Å²) >= 11 is 0. The molecule has 0 aromatic rings. The van der Waals surface area contributed by atoms with Gasteiger partial charge in [0.2, 0.25) is 0 Å². The zero-order valence-electron chi connectivity index (χ0n) is 9.99. The van der Waals surface area contributed by atoms with Crippen LogP contribution in [0.2, 0.25) is 23.7 Å². The first-order chi connectivity index (χ1) is 5.64. The molecule has 0 heterocycles. The fourth-order valence-electron chi connectivity index (χ4n) is 1.28. The molecule has 0 aliphatic rings. The maximum atomic E-state index is 10.6. The van der Waals surface area contributed by atoms with E-state index in [0.717, 1.165) is 5.57 Å². The Labute approximate surface area is 83.2 Å².